The summed E-state index contributed by atoms with van der Waals surface area (Å²) >= 11 is 0. The van der Waals surface area contributed by atoms with Crippen LogP contribution in [0.3, 0.4) is 0 Å². The number of fused-ring (bicyclic) bond motifs is 4. The Hall–Kier alpha value is -4.84. The molecule has 3 aromatic heterocycles. The van der Waals surface area contributed by atoms with Gasteiger partial charge in [-0.25, -0.2) is 9.97 Å². The maximum Gasteiger partial charge on any atom is 0.221 e. The molecule has 0 N–H and O–H groups in total. The summed E-state index contributed by atoms with van der Waals surface area (Å²) in [5, 5.41) is 2.34. The second-order valence-corrected chi connectivity index (χ2v) is 9.43. The lowest BCUT2D eigenvalue weighted by Crippen LogP contribution is -2.23. The van der Waals surface area contributed by atoms with E-state index in [-0.39, 0.29) is 0 Å². The summed E-state index contributed by atoms with van der Waals surface area (Å²) in [6.07, 6.45) is 3.66. The van der Waals surface area contributed by atoms with Crippen molar-refractivity contribution in [1.82, 2.24) is 14.5 Å². The van der Waals surface area contributed by atoms with E-state index < -0.39 is 0 Å². The van der Waals surface area contributed by atoms with Gasteiger partial charge in [-0.15, -0.1) is 0 Å². The molecule has 0 spiro atoms. The molecule has 6 heteroatoms. The number of pyridine rings is 2. The van der Waals surface area contributed by atoms with Gasteiger partial charge in [0.1, 0.15) is 11.6 Å². The summed E-state index contributed by atoms with van der Waals surface area (Å²) in [5.74, 6) is 2.17. The van der Waals surface area contributed by atoms with Crippen LogP contribution in [0.4, 0.5) is 17.1 Å². The van der Waals surface area contributed by atoms with E-state index >= 15 is 0 Å². The molecule has 0 fully saturated rings. The van der Waals surface area contributed by atoms with Gasteiger partial charge in [0.2, 0.25) is 5.88 Å². The van der Waals surface area contributed by atoms with Crippen molar-refractivity contribution < 1.29 is 4.74 Å². The van der Waals surface area contributed by atoms with Gasteiger partial charge in [-0.3, -0.25) is 4.57 Å². The third-order valence-corrected chi connectivity index (χ3v) is 6.97. The van der Waals surface area contributed by atoms with Crippen LogP contribution in [0.25, 0.3) is 27.6 Å². The van der Waals surface area contributed by atoms with Crippen molar-refractivity contribution in [2.75, 3.05) is 23.5 Å². The van der Waals surface area contributed by atoms with Crippen molar-refractivity contribution >= 4 is 38.9 Å². The molecule has 1 aliphatic heterocycles. The highest BCUT2D eigenvalue weighted by molar-refractivity contribution is 6.09. The molecular formula is C31H25N5O. The molecule has 0 saturated heterocycles. The summed E-state index contributed by atoms with van der Waals surface area (Å²) in [5.41, 5.74) is 6.76. The molecule has 3 aromatic carbocycles. The molecule has 0 amide bonds. The lowest BCUT2D eigenvalue weighted by molar-refractivity contribution is 0.463. The lowest BCUT2D eigenvalue weighted by atomic mass is 10.1. The maximum absolute atomic E-state index is 6.33. The fourth-order valence-corrected chi connectivity index (χ4v) is 5.25. The number of benzene rings is 3. The molecule has 7 rings (SSSR count). The average molecular weight is 484 g/mol. The van der Waals surface area contributed by atoms with Gasteiger partial charge in [0.05, 0.1) is 29.1 Å². The molecular weight excluding hydrogens is 458 g/mol. The summed E-state index contributed by atoms with van der Waals surface area (Å²) in [7, 11) is 2.11. The first kappa shape index (κ1) is 21.4. The van der Waals surface area contributed by atoms with E-state index in [2.05, 4.69) is 105 Å². The van der Waals surface area contributed by atoms with Crippen LogP contribution in [0.1, 0.15) is 5.56 Å². The number of aryl methyl sites for hydroxylation is 1. The van der Waals surface area contributed by atoms with Crippen molar-refractivity contribution in [2.45, 2.75) is 6.92 Å². The standard InChI is InChI=1S/C31H25N5O/c1-21-13-15-32-30(17-21)36-26-8-4-3-7-24(26)25-12-11-23(19-29(25)36)37-31-18-22(14-16-33-31)35-20-34(2)27-9-5-6-10-28(27)35/h3-19H,20H2,1-2H3. The average Bonchev–Trinajstić information content (AvgIpc) is 3.43. The SMILES string of the molecule is Cc1ccnc(-n2c3ccccc3c3ccc(Oc4cc(N5CN(C)c6ccccc65)ccn4)cc32)c1. The Morgan fingerprint density at radius 2 is 1.51 bits per heavy atom. The number of rotatable bonds is 4. The van der Waals surface area contributed by atoms with E-state index in [4.69, 9.17) is 4.74 Å². The fourth-order valence-electron chi connectivity index (χ4n) is 5.25. The normalized spacial score (nSPS) is 12.9. The molecule has 0 radical (unpaired) electrons. The monoisotopic (exact) mass is 483 g/mol. The number of aromatic nitrogens is 3. The van der Waals surface area contributed by atoms with Gasteiger partial charge in [-0.1, -0.05) is 30.3 Å². The highest BCUT2D eigenvalue weighted by Gasteiger charge is 2.24. The van der Waals surface area contributed by atoms with E-state index in [1.165, 1.54) is 22.3 Å². The first-order chi connectivity index (χ1) is 18.2. The molecule has 0 atom stereocenters. The topological polar surface area (TPSA) is 46.4 Å². The van der Waals surface area contributed by atoms with E-state index in [1.807, 2.05) is 30.5 Å². The number of para-hydroxylation sites is 3. The second-order valence-electron chi connectivity index (χ2n) is 9.43. The van der Waals surface area contributed by atoms with Crippen molar-refractivity contribution in [2.24, 2.45) is 0 Å². The van der Waals surface area contributed by atoms with Crippen LogP contribution in [-0.4, -0.2) is 28.3 Å². The zero-order valence-electron chi connectivity index (χ0n) is 20.7. The van der Waals surface area contributed by atoms with Crippen LogP contribution in [0.15, 0.2) is 103 Å². The number of anilines is 3. The van der Waals surface area contributed by atoms with Crippen LogP contribution >= 0.6 is 0 Å². The maximum atomic E-state index is 6.33. The highest BCUT2D eigenvalue weighted by atomic mass is 16.5. The van der Waals surface area contributed by atoms with Crippen LogP contribution in [0, 0.1) is 6.92 Å². The minimum Gasteiger partial charge on any atom is -0.439 e. The number of ether oxygens (including phenoxy) is 1. The summed E-state index contributed by atoms with van der Waals surface area (Å²) in [6, 6.07) is 31.2. The Kier molecular flexibility index (Phi) is 4.86. The highest BCUT2D eigenvalue weighted by Crippen LogP contribution is 2.40. The van der Waals surface area contributed by atoms with Crippen molar-refractivity contribution in [3.05, 3.63) is 109 Å². The van der Waals surface area contributed by atoms with E-state index in [0.29, 0.717) is 5.88 Å². The zero-order chi connectivity index (χ0) is 24.9. The molecule has 0 aliphatic carbocycles. The van der Waals surface area contributed by atoms with Crippen LogP contribution in [-0.2, 0) is 0 Å². The van der Waals surface area contributed by atoms with Crippen LogP contribution in [0.5, 0.6) is 11.6 Å². The number of hydrogen-bond donors (Lipinski definition) is 0. The second kappa shape index (κ2) is 8.38. The minimum absolute atomic E-state index is 0.556. The minimum atomic E-state index is 0.556. The van der Waals surface area contributed by atoms with E-state index in [9.17, 15) is 0 Å². The Balaban J connectivity index is 1.29. The molecule has 6 nitrogen and oxygen atoms in total. The molecule has 6 aromatic rings. The predicted molar refractivity (Wildman–Crippen MR) is 149 cm³/mol. The molecule has 0 bridgehead atoms. The van der Waals surface area contributed by atoms with Gasteiger partial charge >= 0.3 is 0 Å². The Bertz CT molecular complexity index is 1790. The number of nitrogens with zero attached hydrogens (tertiary/aromatic N) is 5. The van der Waals surface area contributed by atoms with Crippen molar-refractivity contribution in [1.29, 1.82) is 0 Å². The van der Waals surface area contributed by atoms with Crippen LogP contribution < -0.4 is 14.5 Å². The van der Waals surface area contributed by atoms with Crippen molar-refractivity contribution in [3.63, 3.8) is 0 Å². The summed E-state index contributed by atoms with van der Waals surface area (Å²) < 4.78 is 8.53. The predicted octanol–water partition coefficient (Wildman–Crippen LogP) is 7.22. The summed E-state index contributed by atoms with van der Waals surface area (Å²) in [6.45, 7) is 2.86. The van der Waals surface area contributed by atoms with Crippen LogP contribution in [0.2, 0.25) is 0 Å². The molecule has 0 unspecified atom stereocenters. The molecule has 37 heavy (non-hydrogen) atoms. The Labute approximate surface area is 215 Å². The van der Waals surface area contributed by atoms with E-state index in [0.717, 1.165) is 40.3 Å². The van der Waals surface area contributed by atoms with Gasteiger partial charge < -0.3 is 14.5 Å². The molecule has 4 heterocycles. The Morgan fingerprint density at radius 1 is 0.730 bits per heavy atom. The Morgan fingerprint density at radius 3 is 2.41 bits per heavy atom. The van der Waals surface area contributed by atoms with Gasteiger partial charge in [-0.2, -0.15) is 0 Å². The first-order valence-corrected chi connectivity index (χ1v) is 12.3. The lowest BCUT2D eigenvalue weighted by Gasteiger charge is -2.20. The molecule has 1 aliphatic rings. The fraction of sp³-hybridized carbons (Fsp3) is 0.0968. The third-order valence-electron chi connectivity index (χ3n) is 6.97. The van der Waals surface area contributed by atoms with Gasteiger partial charge in [0, 0.05) is 48.0 Å². The quantitative estimate of drug-likeness (QED) is 0.265. The third kappa shape index (κ3) is 3.57. The van der Waals surface area contributed by atoms with Gasteiger partial charge in [0.25, 0.3) is 0 Å². The molecule has 180 valence electrons. The molecule has 0 saturated carbocycles. The summed E-state index contributed by atoms with van der Waals surface area (Å²) in [4.78, 5) is 13.7. The smallest absolute Gasteiger partial charge is 0.221 e. The van der Waals surface area contributed by atoms with Crippen molar-refractivity contribution in [3.8, 4) is 17.4 Å². The van der Waals surface area contributed by atoms with Gasteiger partial charge in [0.15, 0.2) is 0 Å². The number of hydrogen-bond acceptors (Lipinski definition) is 5. The largest absolute Gasteiger partial charge is 0.439 e. The first-order valence-electron chi connectivity index (χ1n) is 12.3. The van der Waals surface area contributed by atoms with E-state index in [1.54, 1.807) is 6.20 Å². The van der Waals surface area contributed by atoms with Gasteiger partial charge in [-0.05, 0) is 61.0 Å². The zero-order valence-corrected chi connectivity index (χ0v) is 20.7.